The summed E-state index contributed by atoms with van der Waals surface area (Å²) in [6, 6.07) is 0. The molecule has 0 aromatic carbocycles. The van der Waals surface area contributed by atoms with E-state index >= 15 is 0 Å². The van der Waals surface area contributed by atoms with Crippen LogP contribution in [0, 0.1) is 5.92 Å². The highest BCUT2D eigenvalue weighted by Gasteiger charge is 2.28. The van der Waals surface area contributed by atoms with E-state index in [1.54, 1.807) is 11.1 Å². The van der Waals surface area contributed by atoms with E-state index < -0.39 is 0 Å². The van der Waals surface area contributed by atoms with Crippen molar-refractivity contribution < 1.29 is 0 Å². The average molecular weight is 215 g/mol. The van der Waals surface area contributed by atoms with Crippen molar-refractivity contribution in [2.75, 3.05) is 0 Å². The zero-order valence-electron chi connectivity index (χ0n) is 7.07. The molecular formula is C10H15Br. The molecule has 0 saturated carbocycles. The number of hydrogen-bond acceptors (Lipinski definition) is 0. The minimum absolute atomic E-state index is 0.733. The van der Waals surface area contributed by atoms with Crippen molar-refractivity contribution in [1.82, 2.24) is 0 Å². The van der Waals surface area contributed by atoms with E-state index in [1.165, 1.54) is 32.1 Å². The summed E-state index contributed by atoms with van der Waals surface area (Å²) in [6.45, 7) is 2.39. The van der Waals surface area contributed by atoms with E-state index in [4.69, 9.17) is 0 Å². The molecule has 11 heavy (non-hydrogen) atoms. The minimum Gasteiger partial charge on any atom is -0.0842 e. The van der Waals surface area contributed by atoms with Crippen molar-refractivity contribution in [3.05, 3.63) is 11.1 Å². The van der Waals surface area contributed by atoms with Gasteiger partial charge in [0, 0.05) is 4.83 Å². The van der Waals surface area contributed by atoms with Gasteiger partial charge in [0.05, 0.1) is 0 Å². The average Bonchev–Trinajstić information content (AvgIpc) is 2.45. The molecule has 0 N–H and O–H groups in total. The molecule has 0 saturated heterocycles. The molecule has 0 aliphatic heterocycles. The smallest absolute Gasteiger partial charge is 0.0357 e. The van der Waals surface area contributed by atoms with Crippen LogP contribution in [0.15, 0.2) is 11.1 Å². The number of halogens is 1. The van der Waals surface area contributed by atoms with Gasteiger partial charge in [0.2, 0.25) is 0 Å². The first-order chi connectivity index (χ1) is 5.29. The third-order valence-corrected chi connectivity index (χ3v) is 4.14. The quantitative estimate of drug-likeness (QED) is 0.427. The van der Waals surface area contributed by atoms with Gasteiger partial charge >= 0.3 is 0 Å². The Morgan fingerprint density at radius 3 is 2.64 bits per heavy atom. The zero-order valence-corrected chi connectivity index (χ0v) is 8.65. The second-order valence-corrected chi connectivity index (χ2v) is 4.96. The molecule has 0 aromatic rings. The van der Waals surface area contributed by atoms with Crippen molar-refractivity contribution >= 4 is 15.9 Å². The highest BCUT2D eigenvalue weighted by Crippen LogP contribution is 2.42. The first-order valence-corrected chi connectivity index (χ1v) is 5.56. The monoisotopic (exact) mass is 214 g/mol. The zero-order chi connectivity index (χ0) is 7.84. The molecule has 2 aliphatic rings. The summed E-state index contributed by atoms with van der Waals surface area (Å²) in [4.78, 5) is 0.733. The Kier molecular flexibility index (Phi) is 2.09. The predicted octanol–water partition coefficient (Wildman–Crippen LogP) is 3.66. The number of rotatable bonds is 0. The molecule has 0 bridgehead atoms. The topological polar surface area (TPSA) is 0 Å². The van der Waals surface area contributed by atoms with Crippen LogP contribution in [0.4, 0.5) is 0 Å². The predicted molar refractivity (Wildman–Crippen MR) is 52.0 cm³/mol. The van der Waals surface area contributed by atoms with Crippen LogP contribution in [-0.4, -0.2) is 4.83 Å². The molecule has 0 aromatic heterocycles. The van der Waals surface area contributed by atoms with Crippen molar-refractivity contribution in [1.29, 1.82) is 0 Å². The Morgan fingerprint density at radius 1 is 1.18 bits per heavy atom. The molecule has 2 atom stereocenters. The van der Waals surface area contributed by atoms with Gasteiger partial charge in [-0.05, 0) is 38.0 Å². The Balaban J connectivity index is 2.27. The summed E-state index contributed by atoms with van der Waals surface area (Å²) >= 11 is 3.76. The second-order valence-electron chi connectivity index (χ2n) is 3.85. The molecule has 0 heterocycles. The lowest BCUT2D eigenvalue weighted by atomic mass is 9.85. The van der Waals surface area contributed by atoms with Crippen LogP contribution in [0.2, 0.25) is 0 Å². The third kappa shape index (κ3) is 1.28. The Labute approximate surface area is 77.2 Å². The van der Waals surface area contributed by atoms with Crippen molar-refractivity contribution in [3.63, 3.8) is 0 Å². The molecule has 62 valence electrons. The highest BCUT2D eigenvalue weighted by atomic mass is 79.9. The van der Waals surface area contributed by atoms with Gasteiger partial charge in [-0.25, -0.2) is 0 Å². The van der Waals surface area contributed by atoms with Gasteiger partial charge in [0.1, 0.15) is 0 Å². The van der Waals surface area contributed by atoms with Crippen LogP contribution >= 0.6 is 15.9 Å². The summed E-state index contributed by atoms with van der Waals surface area (Å²) in [5.41, 5.74) is 3.54. The molecule has 1 heteroatoms. The third-order valence-electron chi connectivity index (χ3n) is 3.13. The highest BCUT2D eigenvalue weighted by molar-refractivity contribution is 9.09. The Bertz CT molecular complexity index is 173. The van der Waals surface area contributed by atoms with Crippen LogP contribution in [-0.2, 0) is 0 Å². The number of allylic oxidation sites excluding steroid dienone is 2. The van der Waals surface area contributed by atoms with Crippen molar-refractivity contribution in [3.8, 4) is 0 Å². The molecule has 0 amide bonds. The van der Waals surface area contributed by atoms with E-state index in [0.717, 1.165) is 10.7 Å². The molecule has 0 nitrogen and oxygen atoms in total. The van der Waals surface area contributed by atoms with Crippen molar-refractivity contribution in [2.45, 2.75) is 43.9 Å². The van der Waals surface area contributed by atoms with E-state index in [0.29, 0.717) is 0 Å². The molecule has 0 radical (unpaired) electrons. The summed E-state index contributed by atoms with van der Waals surface area (Å²) < 4.78 is 0. The van der Waals surface area contributed by atoms with Crippen molar-refractivity contribution in [2.24, 2.45) is 5.92 Å². The van der Waals surface area contributed by atoms with Gasteiger partial charge in [-0.15, -0.1) is 0 Å². The SMILES string of the molecule is CC1CCC(Br)C2=C1CCC2. The first kappa shape index (κ1) is 7.85. The molecule has 2 rings (SSSR count). The fourth-order valence-corrected chi connectivity index (χ4v) is 3.24. The summed E-state index contributed by atoms with van der Waals surface area (Å²) in [5.74, 6) is 0.890. The maximum Gasteiger partial charge on any atom is 0.0357 e. The fraction of sp³-hybridized carbons (Fsp3) is 0.800. The maximum absolute atomic E-state index is 3.76. The van der Waals surface area contributed by atoms with Gasteiger partial charge in [-0.2, -0.15) is 0 Å². The molecular weight excluding hydrogens is 200 g/mol. The van der Waals surface area contributed by atoms with Gasteiger partial charge in [0.25, 0.3) is 0 Å². The summed E-state index contributed by atoms with van der Waals surface area (Å²) in [6.07, 6.45) is 6.93. The van der Waals surface area contributed by atoms with Gasteiger partial charge in [-0.1, -0.05) is 34.0 Å². The van der Waals surface area contributed by atoms with Crippen LogP contribution in [0.3, 0.4) is 0 Å². The van der Waals surface area contributed by atoms with Crippen LogP contribution < -0.4 is 0 Å². The first-order valence-electron chi connectivity index (χ1n) is 4.65. The second kappa shape index (κ2) is 2.93. The van der Waals surface area contributed by atoms with E-state index in [9.17, 15) is 0 Å². The lowest BCUT2D eigenvalue weighted by Crippen LogP contribution is -2.14. The molecule has 2 unspecified atom stereocenters. The molecule has 2 aliphatic carbocycles. The largest absolute Gasteiger partial charge is 0.0842 e. The van der Waals surface area contributed by atoms with Crippen LogP contribution in [0.1, 0.15) is 39.0 Å². The molecule has 0 fully saturated rings. The lowest BCUT2D eigenvalue weighted by Gasteiger charge is -2.25. The van der Waals surface area contributed by atoms with E-state index in [2.05, 4.69) is 22.9 Å². The van der Waals surface area contributed by atoms with Gasteiger partial charge < -0.3 is 0 Å². The van der Waals surface area contributed by atoms with E-state index in [-0.39, 0.29) is 0 Å². The summed E-state index contributed by atoms with van der Waals surface area (Å²) in [7, 11) is 0. The fourth-order valence-electron chi connectivity index (χ4n) is 2.46. The number of alkyl halides is 1. The molecule has 0 spiro atoms. The minimum atomic E-state index is 0.733. The number of hydrogen-bond donors (Lipinski definition) is 0. The standard InChI is InChI=1S/C10H15Br/c1-7-5-6-10(11)9-4-2-3-8(7)9/h7,10H,2-6H2,1H3. The van der Waals surface area contributed by atoms with Crippen LogP contribution in [0.5, 0.6) is 0 Å². The lowest BCUT2D eigenvalue weighted by molar-refractivity contribution is 0.542. The summed E-state index contributed by atoms with van der Waals surface area (Å²) in [5, 5.41) is 0. The van der Waals surface area contributed by atoms with E-state index in [1.807, 2.05) is 0 Å². The van der Waals surface area contributed by atoms with Crippen LogP contribution in [0.25, 0.3) is 0 Å². The van der Waals surface area contributed by atoms with Gasteiger partial charge in [-0.3, -0.25) is 0 Å². The van der Waals surface area contributed by atoms with Gasteiger partial charge in [0.15, 0.2) is 0 Å². The normalized spacial score (nSPS) is 37.6. The Morgan fingerprint density at radius 2 is 1.91 bits per heavy atom. The Hall–Kier alpha value is 0.220. The maximum atomic E-state index is 3.76.